The zero-order valence-corrected chi connectivity index (χ0v) is 13.1. The molecule has 25 heavy (non-hydrogen) atoms. The lowest BCUT2D eigenvalue weighted by molar-refractivity contribution is -0.136. The molecule has 0 radical (unpaired) electrons. The minimum Gasteiger partial charge on any atom is -0.375 e. The number of halogens is 1. The summed E-state index contributed by atoms with van der Waals surface area (Å²) < 4.78 is 13.0. The summed E-state index contributed by atoms with van der Waals surface area (Å²) in [5.74, 6) is -2.54. The van der Waals surface area contributed by atoms with Crippen molar-refractivity contribution >= 4 is 23.3 Å². The van der Waals surface area contributed by atoms with E-state index in [2.05, 4.69) is 0 Å². The molecule has 0 fully saturated rings. The van der Waals surface area contributed by atoms with E-state index < -0.39 is 42.0 Å². The number of hydrogen-bond donors (Lipinski definition) is 2. The third-order valence-corrected chi connectivity index (χ3v) is 4.14. The van der Waals surface area contributed by atoms with Crippen molar-refractivity contribution in [2.45, 2.75) is 12.0 Å². The first-order chi connectivity index (χ1) is 11.8. The van der Waals surface area contributed by atoms with E-state index in [-0.39, 0.29) is 11.1 Å². The van der Waals surface area contributed by atoms with Crippen LogP contribution in [0.3, 0.4) is 0 Å². The molecule has 0 spiro atoms. The number of amides is 2. The van der Waals surface area contributed by atoms with Crippen LogP contribution < -0.4 is 10.6 Å². The Kier molecular flexibility index (Phi) is 4.10. The molecule has 1 heterocycles. The van der Waals surface area contributed by atoms with Crippen molar-refractivity contribution in [3.8, 4) is 0 Å². The summed E-state index contributed by atoms with van der Waals surface area (Å²) in [6.45, 7) is -0.400. The van der Waals surface area contributed by atoms with Crippen LogP contribution in [-0.2, 0) is 15.2 Å². The molecule has 0 unspecified atom stereocenters. The fourth-order valence-corrected chi connectivity index (χ4v) is 2.96. The van der Waals surface area contributed by atoms with Gasteiger partial charge in [-0.05, 0) is 30.3 Å². The Morgan fingerprint density at radius 2 is 1.76 bits per heavy atom. The number of fused-ring (bicyclic) bond motifs is 1. The molecule has 0 saturated carbocycles. The third-order valence-electron chi connectivity index (χ3n) is 4.14. The highest BCUT2D eigenvalue weighted by atomic mass is 19.1. The van der Waals surface area contributed by atoms with Crippen molar-refractivity contribution in [2.75, 3.05) is 11.4 Å². The molecule has 2 aromatic carbocycles. The zero-order chi connectivity index (χ0) is 18.2. The molecule has 1 atom stereocenters. The Hall–Kier alpha value is -3.06. The topological polar surface area (TPSA) is 101 Å². The van der Waals surface area contributed by atoms with E-state index >= 15 is 0 Å². The lowest BCUT2D eigenvalue weighted by Gasteiger charge is -2.22. The van der Waals surface area contributed by atoms with Crippen LogP contribution in [0, 0.1) is 5.82 Å². The number of carbonyl (C=O) groups excluding carboxylic acids is 3. The standard InChI is InChI=1S/C18H15FN2O4/c19-12-7-5-11(6-8-12)15(22)9-18(25)13-3-1-2-4-14(13)21(17(18)24)10-16(20)23/h1-8,25H,9-10H2,(H2,20,23)/t18-/m1/s1. The van der Waals surface area contributed by atoms with Crippen LogP contribution in [0.5, 0.6) is 0 Å². The number of rotatable bonds is 5. The molecule has 0 bridgehead atoms. The molecule has 6 nitrogen and oxygen atoms in total. The molecular formula is C18H15FN2O4. The Labute approximate surface area is 142 Å². The van der Waals surface area contributed by atoms with Gasteiger partial charge >= 0.3 is 0 Å². The van der Waals surface area contributed by atoms with Crippen molar-refractivity contribution in [2.24, 2.45) is 5.73 Å². The number of nitrogens with two attached hydrogens (primary N) is 1. The summed E-state index contributed by atoms with van der Waals surface area (Å²) in [5.41, 5.74) is 3.81. The fourth-order valence-electron chi connectivity index (χ4n) is 2.96. The van der Waals surface area contributed by atoms with Crippen LogP contribution >= 0.6 is 0 Å². The molecule has 1 aliphatic rings. The van der Waals surface area contributed by atoms with Gasteiger partial charge in [-0.1, -0.05) is 18.2 Å². The van der Waals surface area contributed by atoms with Gasteiger partial charge in [-0.3, -0.25) is 19.3 Å². The molecule has 2 amide bonds. The Morgan fingerprint density at radius 1 is 1.12 bits per heavy atom. The van der Waals surface area contributed by atoms with E-state index in [1.165, 1.54) is 18.2 Å². The van der Waals surface area contributed by atoms with Gasteiger partial charge in [0.25, 0.3) is 5.91 Å². The van der Waals surface area contributed by atoms with Crippen molar-refractivity contribution in [1.29, 1.82) is 0 Å². The first-order valence-corrected chi connectivity index (χ1v) is 7.54. The van der Waals surface area contributed by atoms with Gasteiger partial charge in [-0.25, -0.2) is 4.39 Å². The molecular weight excluding hydrogens is 327 g/mol. The Balaban J connectivity index is 1.96. The molecule has 3 N–H and O–H groups in total. The number of carbonyl (C=O) groups is 3. The van der Waals surface area contributed by atoms with Crippen LogP contribution in [0.4, 0.5) is 10.1 Å². The number of para-hydroxylation sites is 1. The number of benzene rings is 2. The fraction of sp³-hybridized carbons (Fsp3) is 0.167. The lowest BCUT2D eigenvalue weighted by Crippen LogP contribution is -2.44. The van der Waals surface area contributed by atoms with Gasteiger partial charge < -0.3 is 10.8 Å². The highest BCUT2D eigenvalue weighted by molar-refractivity contribution is 6.12. The molecule has 0 aliphatic carbocycles. The normalized spacial score (nSPS) is 19.0. The van der Waals surface area contributed by atoms with Crippen LogP contribution in [0.25, 0.3) is 0 Å². The second kappa shape index (κ2) is 6.10. The minimum atomic E-state index is -2.10. The smallest absolute Gasteiger partial charge is 0.264 e. The second-order valence-electron chi connectivity index (χ2n) is 5.84. The maximum absolute atomic E-state index is 13.0. The molecule has 3 rings (SSSR count). The van der Waals surface area contributed by atoms with Crippen LogP contribution in [0.2, 0.25) is 0 Å². The largest absolute Gasteiger partial charge is 0.375 e. The first-order valence-electron chi connectivity index (χ1n) is 7.54. The third kappa shape index (κ3) is 2.89. The predicted molar refractivity (Wildman–Crippen MR) is 87.2 cm³/mol. The Bertz CT molecular complexity index is 866. The number of aliphatic hydroxyl groups is 1. The van der Waals surface area contributed by atoms with Crippen LogP contribution in [-0.4, -0.2) is 29.2 Å². The van der Waals surface area contributed by atoms with Crippen molar-refractivity contribution in [1.82, 2.24) is 0 Å². The summed E-state index contributed by atoms with van der Waals surface area (Å²) in [5, 5.41) is 10.9. The summed E-state index contributed by atoms with van der Waals surface area (Å²) in [6, 6.07) is 11.2. The van der Waals surface area contributed by atoms with Crippen LogP contribution in [0.1, 0.15) is 22.3 Å². The van der Waals surface area contributed by atoms with Gasteiger partial charge in [0.2, 0.25) is 5.91 Å². The summed E-state index contributed by atoms with van der Waals surface area (Å²) in [6.07, 6.45) is -0.524. The van der Waals surface area contributed by atoms with E-state index in [1.54, 1.807) is 18.2 Å². The first kappa shape index (κ1) is 16.8. The van der Waals surface area contributed by atoms with E-state index in [4.69, 9.17) is 5.73 Å². The van der Waals surface area contributed by atoms with E-state index in [0.29, 0.717) is 5.69 Å². The van der Waals surface area contributed by atoms with Gasteiger partial charge in [0.1, 0.15) is 12.4 Å². The van der Waals surface area contributed by atoms with Crippen molar-refractivity contribution in [3.63, 3.8) is 0 Å². The lowest BCUT2D eigenvalue weighted by atomic mass is 9.88. The van der Waals surface area contributed by atoms with Gasteiger partial charge in [0.15, 0.2) is 11.4 Å². The highest BCUT2D eigenvalue weighted by Crippen LogP contribution is 2.42. The van der Waals surface area contributed by atoms with Gasteiger partial charge in [-0.2, -0.15) is 0 Å². The van der Waals surface area contributed by atoms with Crippen LogP contribution in [0.15, 0.2) is 48.5 Å². The van der Waals surface area contributed by atoms with E-state index in [0.717, 1.165) is 17.0 Å². The second-order valence-corrected chi connectivity index (χ2v) is 5.84. The number of hydrogen-bond acceptors (Lipinski definition) is 4. The monoisotopic (exact) mass is 342 g/mol. The summed E-state index contributed by atoms with van der Waals surface area (Å²) >= 11 is 0. The average Bonchev–Trinajstić information content (AvgIpc) is 2.77. The number of nitrogens with zero attached hydrogens (tertiary/aromatic N) is 1. The average molecular weight is 342 g/mol. The molecule has 2 aromatic rings. The number of Topliss-reactive ketones (excluding diaryl/α,β-unsaturated/α-hetero) is 1. The Morgan fingerprint density at radius 3 is 2.40 bits per heavy atom. The number of primary amides is 1. The predicted octanol–water partition coefficient (Wildman–Crippen LogP) is 1.12. The zero-order valence-electron chi connectivity index (χ0n) is 13.1. The van der Waals surface area contributed by atoms with Gasteiger partial charge in [-0.15, -0.1) is 0 Å². The van der Waals surface area contributed by atoms with Gasteiger partial charge in [0.05, 0.1) is 12.1 Å². The SMILES string of the molecule is NC(=O)CN1C(=O)[C@@](O)(CC(=O)c2ccc(F)cc2)c2ccccc21. The molecule has 0 aromatic heterocycles. The van der Waals surface area contributed by atoms with Crippen molar-refractivity contribution < 1.29 is 23.9 Å². The molecule has 0 saturated heterocycles. The van der Waals surface area contributed by atoms with E-state index in [1.807, 2.05) is 0 Å². The summed E-state index contributed by atoms with van der Waals surface area (Å²) in [7, 11) is 0. The number of ketones is 1. The molecule has 1 aliphatic heterocycles. The maximum atomic E-state index is 13.0. The quantitative estimate of drug-likeness (QED) is 0.795. The highest BCUT2D eigenvalue weighted by Gasteiger charge is 2.51. The number of anilines is 1. The molecule has 128 valence electrons. The van der Waals surface area contributed by atoms with Crippen molar-refractivity contribution in [3.05, 3.63) is 65.5 Å². The summed E-state index contributed by atoms with van der Waals surface area (Å²) in [4.78, 5) is 37.5. The van der Waals surface area contributed by atoms with Gasteiger partial charge in [0, 0.05) is 11.1 Å². The maximum Gasteiger partial charge on any atom is 0.264 e. The molecule has 7 heteroatoms. The van der Waals surface area contributed by atoms with E-state index in [9.17, 15) is 23.9 Å². The minimum absolute atomic E-state index is 0.174.